The van der Waals surface area contributed by atoms with Gasteiger partial charge in [-0.1, -0.05) is 11.8 Å². The van der Waals surface area contributed by atoms with Gasteiger partial charge < -0.3 is 9.84 Å². The molecule has 0 heterocycles. The van der Waals surface area contributed by atoms with E-state index >= 15 is 0 Å². The summed E-state index contributed by atoms with van der Waals surface area (Å²) < 4.78 is 5.08. The van der Waals surface area contributed by atoms with E-state index in [4.69, 9.17) is 9.84 Å². The summed E-state index contributed by atoms with van der Waals surface area (Å²) in [5.74, 6) is 0.296. The molecule has 12 heavy (non-hydrogen) atoms. The van der Waals surface area contributed by atoms with E-state index < -0.39 is 0 Å². The summed E-state index contributed by atoms with van der Waals surface area (Å²) in [5, 5.41) is 9.01. The van der Waals surface area contributed by atoms with Crippen molar-refractivity contribution in [1.29, 1.82) is 0 Å². The second-order valence-corrected chi connectivity index (χ2v) is 3.79. The third-order valence-electron chi connectivity index (χ3n) is 1.47. The van der Waals surface area contributed by atoms with Crippen LogP contribution in [0.3, 0.4) is 0 Å². The Kier molecular flexibility index (Phi) is 3.44. The molecule has 1 unspecified atom stereocenters. The van der Waals surface area contributed by atoms with Gasteiger partial charge in [0.05, 0.1) is 0 Å². The zero-order valence-electron chi connectivity index (χ0n) is 7.15. The smallest absolute Gasteiger partial charge is 0.115 e. The lowest BCUT2D eigenvalue weighted by molar-refractivity contribution is 0.188. The normalized spacial score (nSPS) is 12.8. The van der Waals surface area contributed by atoms with Crippen molar-refractivity contribution in [2.75, 3.05) is 7.11 Å². The van der Waals surface area contributed by atoms with E-state index in [9.17, 15) is 0 Å². The summed E-state index contributed by atoms with van der Waals surface area (Å²) in [5.41, 5.74) is 0.148. The number of thioether (sulfide) groups is 1. The lowest BCUT2D eigenvalue weighted by Gasteiger charge is -2.08. The quantitative estimate of drug-likeness (QED) is 0.578. The molecular weight excluding hydrogens is 172 g/mol. The standard InChI is InChI=1S/C9H12O2S/c1-7(11-2)12-9-5-3-8(10)4-6-9/h3-7,10H,1-2H3. The number of hydrogen-bond acceptors (Lipinski definition) is 3. The topological polar surface area (TPSA) is 29.5 Å². The van der Waals surface area contributed by atoms with Crippen LogP contribution in [0.2, 0.25) is 0 Å². The molecule has 0 aliphatic heterocycles. The molecule has 1 N–H and O–H groups in total. The highest BCUT2D eigenvalue weighted by atomic mass is 32.2. The van der Waals surface area contributed by atoms with E-state index in [0.29, 0.717) is 5.75 Å². The zero-order chi connectivity index (χ0) is 8.97. The molecule has 1 rings (SSSR count). The van der Waals surface area contributed by atoms with Crippen molar-refractivity contribution in [2.45, 2.75) is 17.3 Å². The van der Waals surface area contributed by atoms with Gasteiger partial charge in [-0.05, 0) is 31.2 Å². The monoisotopic (exact) mass is 184 g/mol. The van der Waals surface area contributed by atoms with Crippen LogP contribution in [0.15, 0.2) is 29.2 Å². The van der Waals surface area contributed by atoms with Crippen LogP contribution < -0.4 is 0 Å². The predicted octanol–water partition coefficient (Wildman–Crippen LogP) is 2.48. The predicted molar refractivity (Wildman–Crippen MR) is 50.4 cm³/mol. The van der Waals surface area contributed by atoms with Crippen LogP contribution in [0.1, 0.15) is 6.92 Å². The molecule has 66 valence electrons. The first-order chi connectivity index (χ1) is 5.72. The number of benzene rings is 1. The fourth-order valence-corrected chi connectivity index (χ4v) is 1.54. The molecule has 1 atom stereocenters. The molecule has 0 amide bonds. The summed E-state index contributed by atoms with van der Waals surface area (Å²) >= 11 is 1.62. The van der Waals surface area contributed by atoms with E-state index in [1.54, 1.807) is 31.0 Å². The highest BCUT2D eigenvalue weighted by molar-refractivity contribution is 7.99. The zero-order valence-corrected chi connectivity index (χ0v) is 7.97. The Labute approximate surface area is 76.6 Å². The van der Waals surface area contributed by atoms with Gasteiger partial charge in [-0.25, -0.2) is 0 Å². The van der Waals surface area contributed by atoms with Crippen molar-refractivity contribution in [3.05, 3.63) is 24.3 Å². The summed E-state index contributed by atoms with van der Waals surface area (Å²) in [7, 11) is 1.68. The van der Waals surface area contributed by atoms with Crippen LogP contribution >= 0.6 is 11.8 Å². The van der Waals surface area contributed by atoms with Gasteiger partial charge in [-0.2, -0.15) is 0 Å². The first-order valence-electron chi connectivity index (χ1n) is 3.71. The molecule has 1 aromatic rings. The fraction of sp³-hybridized carbons (Fsp3) is 0.333. The van der Waals surface area contributed by atoms with Crippen molar-refractivity contribution in [3.8, 4) is 5.75 Å². The molecular formula is C9H12O2S. The van der Waals surface area contributed by atoms with Crippen LogP contribution in [0.25, 0.3) is 0 Å². The van der Waals surface area contributed by atoms with E-state index in [1.807, 2.05) is 19.1 Å². The average Bonchev–Trinajstić information content (AvgIpc) is 2.09. The molecule has 0 bridgehead atoms. The second-order valence-electron chi connectivity index (χ2n) is 2.42. The molecule has 3 heteroatoms. The van der Waals surface area contributed by atoms with Crippen LogP contribution in [-0.2, 0) is 4.74 Å². The number of ether oxygens (including phenoxy) is 1. The van der Waals surface area contributed by atoms with Gasteiger partial charge in [0.1, 0.15) is 11.2 Å². The fourth-order valence-electron chi connectivity index (χ4n) is 0.764. The molecule has 0 saturated carbocycles. The van der Waals surface area contributed by atoms with Gasteiger partial charge >= 0.3 is 0 Å². The Hall–Kier alpha value is -0.670. The van der Waals surface area contributed by atoms with E-state index in [2.05, 4.69) is 0 Å². The minimum absolute atomic E-state index is 0.148. The third-order valence-corrected chi connectivity index (χ3v) is 2.54. The van der Waals surface area contributed by atoms with Crippen LogP contribution in [0, 0.1) is 0 Å². The number of aromatic hydroxyl groups is 1. The van der Waals surface area contributed by atoms with Gasteiger partial charge in [-0.3, -0.25) is 0 Å². The SMILES string of the molecule is COC(C)Sc1ccc(O)cc1. The van der Waals surface area contributed by atoms with Gasteiger partial charge in [0.2, 0.25) is 0 Å². The van der Waals surface area contributed by atoms with Crippen LogP contribution in [-0.4, -0.2) is 17.7 Å². The molecule has 0 radical (unpaired) electrons. The first-order valence-corrected chi connectivity index (χ1v) is 4.59. The second kappa shape index (κ2) is 4.38. The van der Waals surface area contributed by atoms with Gasteiger partial charge in [0, 0.05) is 12.0 Å². The minimum atomic E-state index is 0.148. The van der Waals surface area contributed by atoms with E-state index in [-0.39, 0.29) is 5.44 Å². The Morgan fingerprint density at radius 3 is 2.42 bits per heavy atom. The van der Waals surface area contributed by atoms with Gasteiger partial charge in [0.15, 0.2) is 0 Å². The van der Waals surface area contributed by atoms with Crippen molar-refractivity contribution >= 4 is 11.8 Å². The number of rotatable bonds is 3. The number of methoxy groups -OCH3 is 1. The molecule has 0 saturated heterocycles. The Bertz CT molecular complexity index is 233. The summed E-state index contributed by atoms with van der Waals surface area (Å²) in [6.07, 6.45) is 0. The summed E-state index contributed by atoms with van der Waals surface area (Å²) in [6, 6.07) is 7.08. The van der Waals surface area contributed by atoms with Crippen molar-refractivity contribution in [1.82, 2.24) is 0 Å². The number of phenols is 1. The van der Waals surface area contributed by atoms with Gasteiger partial charge in [0.25, 0.3) is 0 Å². The molecule has 0 aliphatic rings. The number of hydrogen-bond donors (Lipinski definition) is 1. The van der Waals surface area contributed by atoms with E-state index in [1.165, 1.54) is 0 Å². The largest absolute Gasteiger partial charge is 0.508 e. The Morgan fingerprint density at radius 1 is 1.33 bits per heavy atom. The lowest BCUT2D eigenvalue weighted by atomic mass is 10.3. The highest BCUT2D eigenvalue weighted by Gasteiger charge is 2.01. The van der Waals surface area contributed by atoms with Gasteiger partial charge in [-0.15, -0.1) is 0 Å². The Balaban J connectivity index is 2.58. The summed E-state index contributed by atoms with van der Waals surface area (Å²) in [4.78, 5) is 1.10. The third kappa shape index (κ3) is 2.75. The van der Waals surface area contributed by atoms with Crippen molar-refractivity contribution < 1.29 is 9.84 Å². The number of phenolic OH excluding ortho intramolecular Hbond substituents is 1. The highest BCUT2D eigenvalue weighted by Crippen LogP contribution is 2.24. The molecule has 1 aromatic carbocycles. The maximum Gasteiger partial charge on any atom is 0.115 e. The molecule has 0 fully saturated rings. The van der Waals surface area contributed by atoms with Crippen molar-refractivity contribution in [3.63, 3.8) is 0 Å². The molecule has 0 spiro atoms. The minimum Gasteiger partial charge on any atom is -0.508 e. The Morgan fingerprint density at radius 2 is 1.92 bits per heavy atom. The summed E-state index contributed by atoms with van der Waals surface area (Å²) in [6.45, 7) is 1.98. The average molecular weight is 184 g/mol. The first kappa shape index (κ1) is 9.42. The maximum atomic E-state index is 9.01. The lowest BCUT2D eigenvalue weighted by Crippen LogP contribution is -1.96. The maximum absolute atomic E-state index is 9.01. The van der Waals surface area contributed by atoms with E-state index in [0.717, 1.165) is 4.90 Å². The molecule has 2 nitrogen and oxygen atoms in total. The van der Waals surface area contributed by atoms with Crippen molar-refractivity contribution in [2.24, 2.45) is 0 Å². The molecule has 0 aliphatic carbocycles. The molecule has 0 aromatic heterocycles. The van der Waals surface area contributed by atoms with Crippen LogP contribution in [0.5, 0.6) is 5.75 Å². The van der Waals surface area contributed by atoms with Crippen LogP contribution in [0.4, 0.5) is 0 Å².